The fourth-order valence-corrected chi connectivity index (χ4v) is 3.35. The molecule has 0 aliphatic heterocycles. The highest BCUT2D eigenvalue weighted by Crippen LogP contribution is 2.46. The third-order valence-corrected chi connectivity index (χ3v) is 4.45. The summed E-state index contributed by atoms with van der Waals surface area (Å²) < 4.78 is 5.40. The minimum atomic E-state index is 0.240. The first-order chi connectivity index (χ1) is 10.2. The van der Waals surface area contributed by atoms with Crippen LogP contribution in [0.3, 0.4) is 0 Å². The Morgan fingerprint density at radius 3 is 2.29 bits per heavy atom. The number of hydrogen-bond acceptors (Lipinski definition) is 3. The molecule has 1 saturated carbocycles. The molecule has 2 unspecified atom stereocenters. The van der Waals surface area contributed by atoms with Crippen molar-refractivity contribution in [1.82, 2.24) is 0 Å². The molecule has 0 bridgehead atoms. The zero-order valence-corrected chi connectivity index (χ0v) is 12.1. The predicted octanol–water partition coefficient (Wildman–Crippen LogP) is 4.16. The lowest BCUT2D eigenvalue weighted by Crippen LogP contribution is -1.98. The molecule has 2 aromatic carbocycles. The molecule has 21 heavy (non-hydrogen) atoms. The molecule has 3 heteroatoms. The zero-order chi connectivity index (χ0) is 14.8. The van der Waals surface area contributed by atoms with Crippen LogP contribution >= 0.6 is 0 Å². The molecule has 2 N–H and O–H groups in total. The number of rotatable bonds is 3. The van der Waals surface area contributed by atoms with Crippen LogP contribution in [0.2, 0.25) is 0 Å². The van der Waals surface area contributed by atoms with Gasteiger partial charge in [-0.1, -0.05) is 18.2 Å². The van der Waals surface area contributed by atoms with Gasteiger partial charge in [-0.05, 0) is 60.4 Å². The van der Waals surface area contributed by atoms with Gasteiger partial charge in [0, 0.05) is 6.07 Å². The molecule has 0 heterocycles. The summed E-state index contributed by atoms with van der Waals surface area (Å²) >= 11 is 0. The first kappa shape index (κ1) is 13.8. The molecule has 2 atom stereocenters. The summed E-state index contributed by atoms with van der Waals surface area (Å²) in [5.41, 5.74) is 2.46. The Balaban J connectivity index is 1.79. The minimum absolute atomic E-state index is 0.240. The van der Waals surface area contributed by atoms with Crippen LogP contribution in [0.15, 0.2) is 42.5 Å². The number of aromatic hydroxyl groups is 2. The predicted molar refractivity (Wildman–Crippen MR) is 82.1 cm³/mol. The van der Waals surface area contributed by atoms with Gasteiger partial charge in [-0.25, -0.2) is 0 Å². The fourth-order valence-electron chi connectivity index (χ4n) is 3.35. The lowest BCUT2D eigenvalue weighted by Gasteiger charge is -2.16. The van der Waals surface area contributed by atoms with Crippen LogP contribution in [0.1, 0.15) is 42.2 Å². The SMILES string of the molecule is COc1cc(O)ccc1C1CCC(c2ccc(O)cc2)C1. The fraction of sp³-hybridized carbons (Fsp3) is 0.333. The Morgan fingerprint density at radius 2 is 1.57 bits per heavy atom. The Labute approximate surface area is 124 Å². The van der Waals surface area contributed by atoms with E-state index in [0.717, 1.165) is 25.0 Å². The molecule has 1 aliphatic rings. The molecule has 0 aromatic heterocycles. The third kappa shape index (κ3) is 2.82. The highest BCUT2D eigenvalue weighted by Gasteiger charge is 2.28. The van der Waals surface area contributed by atoms with E-state index in [-0.39, 0.29) is 5.75 Å². The van der Waals surface area contributed by atoms with E-state index in [1.54, 1.807) is 31.4 Å². The van der Waals surface area contributed by atoms with Crippen LogP contribution in [-0.2, 0) is 0 Å². The normalized spacial score (nSPS) is 21.4. The summed E-state index contributed by atoms with van der Waals surface area (Å²) in [6.07, 6.45) is 3.33. The van der Waals surface area contributed by atoms with Gasteiger partial charge in [0.05, 0.1) is 7.11 Å². The van der Waals surface area contributed by atoms with E-state index in [9.17, 15) is 10.2 Å². The Bertz CT molecular complexity index is 619. The van der Waals surface area contributed by atoms with Gasteiger partial charge in [-0.3, -0.25) is 0 Å². The van der Waals surface area contributed by atoms with Crippen LogP contribution in [0.25, 0.3) is 0 Å². The molecule has 0 saturated heterocycles. The van der Waals surface area contributed by atoms with E-state index in [1.807, 2.05) is 18.2 Å². The lowest BCUT2D eigenvalue weighted by atomic mass is 9.92. The van der Waals surface area contributed by atoms with Gasteiger partial charge >= 0.3 is 0 Å². The highest BCUT2D eigenvalue weighted by molar-refractivity contribution is 5.43. The number of benzene rings is 2. The summed E-state index contributed by atoms with van der Waals surface area (Å²) in [5, 5.41) is 18.9. The molecule has 110 valence electrons. The van der Waals surface area contributed by atoms with E-state index >= 15 is 0 Å². The number of phenolic OH excluding ortho intramolecular Hbond substituents is 2. The molecule has 0 amide bonds. The number of methoxy groups -OCH3 is 1. The van der Waals surface area contributed by atoms with Crippen molar-refractivity contribution in [2.24, 2.45) is 0 Å². The second-order valence-electron chi connectivity index (χ2n) is 5.72. The van der Waals surface area contributed by atoms with E-state index in [2.05, 4.69) is 0 Å². The summed E-state index contributed by atoms with van der Waals surface area (Å²) in [6, 6.07) is 12.9. The Kier molecular flexibility index (Phi) is 3.74. The van der Waals surface area contributed by atoms with Gasteiger partial charge in [0.15, 0.2) is 0 Å². The van der Waals surface area contributed by atoms with Crippen LogP contribution in [0.4, 0.5) is 0 Å². The van der Waals surface area contributed by atoms with Gasteiger partial charge in [0.1, 0.15) is 17.2 Å². The second kappa shape index (κ2) is 5.68. The maximum absolute atomic E-state index is 9.56. The van der Waals surface area contributed by atoms with E-state index in [1.165, 1.54) is 11.1 Å². The van der Waals surface area contributed by atoms with Crippen molar-refractivity contribution >= 4 is 0 Å². The van der Waals surface area contributed by atoms with Gasteiger partial charge in [0.2, 0.25) is 0 Å². The van der Waals surface area contributed by atoms with Gasteiger partial charge in [-0.15, -0.1) is 0 Å². The number of ether oxygens (including phenoxy) is 1. The summed E-state index contributed by atoms with van der Waals surface area (Å²) in [6.45, 7) is 0. The molecular formula is C18H20O3. The van der Waals surface area contributed by atoms with Crippen molar-refractivity contribution in [3.63, 3.8) is 0 Å². The smallest absolute Gasteiger partial charge is 0.126 e. The summed E-state index contributed by atoms with van der Waals surface area (Å²) in [4.78, 5) is 0. The largest absolute Gasteiger partial charge is 0.508 e. The number of phenols is 2. The minimum Gasteiger partial charge on any atom is -0.508 e. The first-order valence-electron chi connectivity index (χ1n) is 7.33. The average Bonchev–Trinajstić information content (AvgIpc) is 2.97. The molecule has 0 spiro atoms. The van der Waals surface area contributed by atoms with Crippen LogP contribution < -0.4 is 4.74 Å². The standard InChI is InChI=1S/C18H20O3/c1-21-18-11-16(20)8-9-17(18)14-3-2-13(10-14)12-4-6-15(19)7-5-12/h4-9,11,13-14,19-20H,2-3,10H2,1H3. The first-order valence-corrected chi connectivity index (χ1v) is 7.33. The third-order valence-electron chi connectivity index (χ3n) is 4.45. The molecule has 1 aliphatic carbocycles. The summed E-state index contributed by atoms with van der Waals surface area (Å²) in [7, 11) is 1.64. The van der Waals surface area contributed by atoms with Gasteiger partial charge in [0.25, 0.3) is 0 Å². The molecule has 0 radical (unpaired) electrons. The monoisotopic (exact) mass is 284 g/mol. The molecule has 3 nitrogen and oxygen atoms in total. The van der Waals surface area contributed by atoms with Crippen molar-refractivity contribution in [2.75, 3.05) is 7.11 Å². The van der Waals surface area contributed by atoms with Crippen molar-refractivity contribution < 1.29 is 14.9 Å². The van der Waals surface area contributed by atoms with Crippen molar-refractivity contribution in [1.29, 1.82) is 0 Å². The molecule has 3 rings (SSSR count). The maximum atomic E-state index is 9.56. The van der Waals surface area contributed by atoms with Crippen LogP contribution in [-0.4, -0.2) is 17.3 Å². The van der Waals surface area contributed by atoms with Gasteiger partial charge < -0.3 is 14.9 Å². The second-order valence-corrected chi connectivity index (χ2v) is 5.72. The Hall–Kier alpha value is -2.16. The number of hydrogen-bond donors (Lipinski definition) is 2. The van der Waals surface area contributed by atoms with Crippen molar-refractivity contribution in [3.8, 4) is 17.2 Å². The summed E-state index contributed by atoms with van der Waals surface area (Å²) in [5.74, 6) is 2.30. The van der Waals surface area contributed by atoms with E-state index in [4.69, 9.17) is 4.74 Å². The Morgan fingerprint density at radius 1 is 0.905 bits per heavy atom. The van der Waals surface area contributed by atoms with Crippen LogP contribution in [0.5, 0.6) is 17.2 Å². The quantitative estimate of drug-likeness (QED) is 0.890. The van der Waals surface area contributed by atoms with Gasteiger partial charge in [-0.2, -0.15) is 0 Å². The highest BCUT2D eigenvalue weighted by atomic mass is 16.5. The maximum Gasteiger partial charge on any atom is 0.126 e. The van der Waals surface area contributed by atoms with E-state index < -0.39 is 0 Å². The average molecular weight is 284 g/mol. The topological polar surface area (TPSA) is 49.7 Å². The van der Waals surface area contributed by atoms with Crippen LogP contribution in [0, 0.1) is 0 Å². The zero-order valence-electron chi connectivity index (χ0n) is 12.1. The molecule has 1 fully saturated rings. The van der Waals surface area contributed by atoms with Crippen molar-refractivity contribution in [2.45, 2.75) is 31.1 Å². The molecular weight excluding hydrogens is 264 g/mol. The van der Waals surface area contributed by atoms with Crippen molar-refractivity contribution in [3.05, 3.63) is 53.6 Å². The lowest BCUT2D eigenvalue weighted by molar-refractivity contribution is 0.398. The molecule has 2 aromatic rings. The van der Waals surface area contributed by atoms with E-state index in [0.29, 0.717) is 17.6 Å².